The molecule has 0 radical (unpaired) electrons. The summed E-state index contributed by atoms with van der Waals surface area (Å²) in [6.45, 7) is 3.07. The minimum absolute atomic E-state index is 0.188. The number of imidazole rings is 1. The SMILES string of the molecule is COCc1cc(CN[C@@H](C)c2ccc(-n3ccnc3)cc2)ccc1F. The summed E-state index contributed by atoms with van der Waals surface area (Å²) in [4.78, 5) is 4.06. The van der Waals surface area contributed by atoms with Crippen LogP contribution in [0.4, 0.5) is 4.39 Å². The molecule has 0 unspecified atom stereocenters. The van der Waals surface area contributed by atoms with Crippen LogP contribution in [-0.2, 0) is 17.9 Å². The van der Waals surface area contributed by atoms with E-state index < -0.39 is 0 Å². The molecule has 1 aromatic heterocycles. The summed E-state index contributed by atoms with van der Waals surface area (Å²) in [6.07, 6.45) is 5.46. The highest BCUT2D eigenvalue weighted by atomic mass is 19.1. The molecule has 0 spiro atoms. The van der Waals surface area contributed by atoms with E-state index in [0.29, 0.717) is 12.1 Å². The van der Waals surface area contributed by atoms with Crippen molar-refractivity contribution in [1.29, 1.82) is 0 Å². The molecule has 0 aliphatic rings. The molecule has 0 saturated heterocycles. The maximum absolute atomic E-state index is 13.7. The number of halogens is 1. The minimum Gasteiger partial charge on any atom is -0.380 e. The monoisotopic (exact) mass is 339 g/mol. The highest BCUT2D eigenvalue weighted by molar-refractivity contribution is 5.35. The lowest BCUT2D eigenvalue weighted by Crippen LogP contribution is -2.18. The third-order valence-electron chi connectivity index (χ3n) is 4.22. The molecule has 1 heterocycles. The number of aromatic nitrogens is 2. The maximum Gasteiger partial charge on any atom is 0.128 e. The zero-order valence-electron chi connectivity index (χ0n) is 14.4. The lowest BCUT2D eigenvalue weighted by molar-refractivity contribution is 0.181. The fourth-order valence-electron chi connectivity index (χ4n) is 2.74. The van der Waals surface area contributed by atoms with Crippen LogP contribution >= 0.6 is 0 Å². The lowest BCUT2D eigenvalue weighted by atomic mass is 10.1. The van der Waals surface area contributed by atoms with Gasteiger partial charge >= 0.3 is 0 Å². The molecule has 3 aromatic rings. The normalized spacial score (nSPS) is 12.3. The first-order valence-corrected chi connectivity index (χ1v) is 8.25. The number of methoxy groups -OCH3 is 1. The molecule has 0 aliphatic carbocycles. The van der Waals surface area contributed by atoms with Crippen molar-refractivity contribution in [2.24, 2.45) is 0 Å². The van der Waals surface area contributed by atoms with E-state index in [0.717, 1.165) is 11.3 Å². The van der Waals surface area contributed by atoms with Gasteiger partial charge in [-0.25, -0.2) is 9.37 Å². The molecule has 1 N–H and O–H groups in total. The highest BCUT2D eigenvalue weighted by Gasteiger charge is 2.07. The molecule has 2 aromatic carbocycles. The van der Waals surface area contributed by atoms with Crippen molar-refractivity contribution in [2.75, 3.05) is 7.11 Å². The number of ether oxygens (including phenoxy) is 1. The molecule has 0 amide bonds. The summed E-state index contributed by atoms with van der Waals surface area (Å²) in [5.74, 6) is -0.228. The van der Waals surface area contributed by atoms with Gasteiger partial charge in [-0.1, -0.05) is 18.2 Å². The van der Waals surface area contributed by atoms with Crippen LogP contribution in [-0.4, -0.2) is 16.7 Å². The number of rotatable bonds is 7. The number of hydrogen-bond acceptors (Lipinski definition) is 3. The molecular formula is C20H22FN3O. The average molecular weight is 339 g/mol. The highest BCUT2D eigenvalue weighted by Crippen LogP contribution is 2.17. The Kier molecular flexibility index (Phi) is 5.58. The summed E-state index contributed by atoms with van der Waals surface area (Å²) in [6, 6.07) is 13.7. The fraction of sp³-hybridized carbons (Fsp3) is 0.250. The van der Waals surface area contributed by atoms with E-state index in [1.807, 2.05) is 16.8 Å². The summed E-state index contributed by atoms with van der Waals surface area (Å²) >= 11 is 0. The molecule has 3 rings (SSSR count). The van der Waals surface area contributed by atoms with Crippen molar-refractivity contribution in [3.63, 3.8) is 0 Å². The predicted octanol–water partition coefficient (Wildman–Crippen LogP) is 4.01. The summed E-state index contributed by atoms with van der Waals surface area (Å²) in [5.41, 5.74) is 3.90. The van der Waals surface area contributed by atoms with Crippen molar-refractivity contribution in [2.45, 2.75) is 26.1 Å². The van der Waals surface area contributed by atoms with Crippen molar-refractivity contribution < 1.29 is 9.13 Å². The first-order valence-electron chi connectivity index (χ1n) is 8.25. The topological polar surface area (TPSA) is 39.1 Å². The van der Waals surface area contributed by atoms with Gasteiger partial charge in [0.05, 0.1) is 12.9 Å². The third-order valence-corrected chi connectivity index (χ3v) is 4.22. The van der Waals surface area contributed by atoms with Crippen LogP contribution in [0.25, 0.3) is 5.69 Å². The Bertz CT molecular complexity index is 800. The largest absolute Gasteiger partial charge is 0.380 e. The quantitative estimate of drug-likeness (QED) is 0.707. The Balaban J connectivity index is 1.62. The van der Waals surface area contributed by atoms with E-state index in [4.69, 9.17) is 4.74 Å². The number of nitrogens with one attached hydrogen (secondary N) is 1. The first kappa shape index (κ1) is 17.3. The zero-order valence-corrected chi connectivity index (χ0v) is 14.4. The smallest absolute Gasteiger partial charge is 0.128 e. The summed E-state index contributed by atoms with van der Waals surface area (Å²) < 4.78 is 20.7. The van der Waals surface area contributed by atoms with E-state index in [9.17, 15) is 4.39 Å². The van der Waals surface area contributed by atoms with Crippen LogP contribution in [0.1, 0.15) is 29.7 Å². The number of nitrogens with zero attached hydrogens (tertiary/aromatic N) is 2. The van der Waals surface area contributed by atoms with Gasteiger partial charge in [0.2, 0.25) is 0 Å². The van der Waals surface area contributed by atoms with E-state index in [1.54, 1.807) is 25.7 Å². The average Bonchev–Trinajstić information content (AvgIpc) is 3.17. The molecule has 0 bridgehead atoms. The Hall–Kier alpha value is -2.50. The molecule has 5 heteroatoms. The van der Waals surface area contributed by atoms with Gasteiger partial charge in [-0.05, 0) is 42.3 Å². The van der Waals surface area contributed by atoms with Crippen LogP contribution in [0.5, 0.6) is 0 Å². The maximum atomic E-state index is 13.7. The Labute approximate surface area is 147 Å². The Morgan fingerprint density at radius 3 is 2.68 bits per heavy atom. The van der Waals surface area contributed by atoms with Gasteiger partial charge in [0.1, 0.15) is 5.82 Å². The Morgan fingerprint density at radius 2 is 2.00 bits per heavy atom. The second kappa shape index (κ2) is 8.05. The van der Waals surface area contributed by atoms with Gasteiger partial charge in [0.25, 0.3) is 0 Å². The van der Waals surface area contributed by atoms with Gasteiger partial charge < -0.3 is 14.6 Å². The number of hydrogen-bond donors (Lipinski definition) is 1. The molecule has 25 heavy (non-hydrogen) atoms. The van der Waals surface area contributed by atoms with Gasteiger partial charge in [-0.3, -0.25) is 0 Å². The van der Waals surface area contributed by atoms with Crippen LogP contribution in [0, 0.1) is 5.82 Å². The van der Waals surface area contributed by atoms with Crippen molar-refractivity contribution in [3.05, 3.63) is 83.7 Å². The van der Waals surface area contributed by atoms with E-state index >= 15 is 0 Å². The first-order chi connectivity index (χ1) is 12.2. The van der Waals surface area contributed by atoms with E-state index in [-0.39, 0.29) is 18.5 Å². The van der Waals surface area contributed by atoms with Gasteiger partial charge in [0, 0.05) is 43.3 Å². The molecule has 0 aliphatic heterocycles. The molecule has 1 atom stereocenters. The second-order valence-electron chi connectivity index (χ2n) is 6.02. The van der Waals surface area contributed by atoms with Crippen LogP contribution in [0.2, 0.25) is 0 Å². The summed E-state index contributed by atoms with van der Waals surface area (Å²) in [7, 11) is 1.57. The second-order valence-corrected chi connectivity index (χ2v) is 6.02. The number of benzene rings is 2. The minimum atomic E-state index is -0.228. The predicted molar refractivity (Wildman–Crippen MR) is 95.9 cm³/mol. The van der Waals surface area contributed by atoms with Crippen molar-refractivity contribution >= 4 is 0 Å². The molecular weight excluding hydrogens is 317 g/mol. The van der Waals surface area contributed by atoms with Gasteiger partial charge in [-0.2, -0.15) is 0 Å². The van der Waals surface area contributed by atoms with Crippen LogP contribution in [0.15, 0.2) is 61.2 Å². The molecule has 4 nitrogen and oxygen atoms in total. The molecule has 0 fully saturated rings. The van der Waals surface area contributed by atoms with Crippen LogP contribution < -0.4 is 5.32 Å². The standard InChI is InChI=1S/C20H22FN3O/c1-15(17-4-6-19(7-5-17)24-10-9-22-14-24)23-12-16-3-8-20(21)18(11-16)13-25-2/h3-11,14-15,23H,12-13H2,1-2H3/t15-/m0/s1. The molecule has 0 saturated carbocycles. The lowest BCUT2D eigenvalue weighted by Gasteiger charge is -2.15. The Morgan fingerprint density at radius 1 is 1.20 bits per heavy atom. The van der Waals surface area contributed by atoms with E-state index in [2.05, 4.69) is 41.5 Å². The van der Waals surface area contributed by atoms with Gasteiger partial charge in [0.15, 0.2) is 0 Å². The van der Waals surface area contributed by atoms with Gasteiger partial charge in [-0.15, -0.1) is 0 Å². The van der Waals surface area contributed by atoms with E-state index in [1.165, 1.54) is 11.6 Å². The fourth-order valence-corrected chi connectivity index (χ4v) is 2.74. The van der Waals surface area contributed by atoms with Crippen molar-refractivity contribution in [1.82, 2.24) is 14.9 Å². The molecule has 130 valence electrons. The third kappa shape index (κ3) is 4.32. The van der Waals surface area contributed by atoms with Crippen LogP contribution in [0.3, 0.4) is 0 Å². The summed E-state index contributed by atoms with van der Waals surface area (Å²) in [5, 5.41) is 3.48. The van der Waals surface area contributed by atoms with Crippen molar-refractivity contribution in [3.8, 4) is 5.69 Å². The zero-order chi connectivity index (χ0) is 17.6.